The van der Waals surface area contributed by atoms with Crippen LogP contribution in [0, 0.1) is 6.92 Å². The molecular weight excluding hydrogens is 398 g/mol. The molecule has 7 heteroatoms. The predicted molar refractivity (Wildman–Crippen MR) is 112 cm³/mol. The van der Waals surface area contributed by atoms with E-state index in [1.54, 1.807) is 17.5 Å². The molecule has 1 aromatic carbocycles. The quantitative estimate of drug-likeness (QED) is 0.525. The normalized spacial score (nSPS) is 16.8. The molecule has 0 spiro atoms. The number of nitrogens with zero attached hydrogens (tertiary/aromatic N) is 3. The van der Waals surface area contributed by atoms with Gasteiger partial charge < -0.3 is 4.90 Å². The van der Waals surface area contributed by atoms with E-state index < -0.39 is 0 Å². The second-order valence-corrected chi connectivity index (χ2v) is 8.84. The number of carbonyl (C=O) groups excluding carboxylic acids is 1. The highest BCUT2D eigenvalue weighted by Gasteiger charge is 2.30. The first-order chi connectivity index (χ1) is 13.1. The molecule has 3 heterocycles. The number of rotatable bonds is 5. The fourth-order valence-corrected chi connectivity index (χ4v) is 5.38. The van der Waals surface area contributed by atoms with Gasteiger partial charge in [0.15, 0.2) is 5.16 Å². The maximum absolute atomic E-state index is 12.9. The average Bonchev–Trinajstić information content (AvgIpc) is 3.42. The van der Waals surface area contributed by atoms with Gasteiger partial charge in [0.1, 0.15) is 0 Å². The number of thioether (sulfide) groups is 1. The summed E-state index contributed by atoms with van der Waals surface area (Å²) in [6, 6.07) is 10.2. The van der Waals surface area contributed by atoms with Gasteiger partial charge in [-0.15, -0.1) is 11.3 Å². The van der Waals surface area contributed by atoms with Crippen molar-refractivity contribution in [2.75, 3.05) is 12.3 Å². The van der Waals surface area contributed by atoms with Crippen LogP contribution in [0.25, 0.3) is 5.69 Å². The first-order valence-electron chi connectivity index (χ1n) is 8.89. The molecule has 4 nitrogen and oxygen atoms in total. The van der Waals surface area contributed by atoms with E-state index in [0.29, 0.717) is 5.75 Å². The zero-order valence-electron chi connectivity index (χ0n) is 15.0. The zero-order valence-corrected chi connectivity index (χ0v) is 17.4. The molecule has 1 fully saturated rings. The lowest BCUT2D eigenvalue weighted by Gasteiger charge is -2.23. The third-order valence-corrected chi connectivity index (χ3v) is 7.21. The highest BCUT2D eigenvalue weighted by Crippen LogP contribution is 2.35. The molecule has 1 saturated heterocycles. The summed E-state index contributed by atoms with van der Waals surface area (Å²) in [6.07, 6.45) is 5.79. The standard InChI is InChI=1S/C20H20ClN3OS2/c1-14-15(21)5-2-6-16(14)24-11-9-22-20(24)27-13-19(25)23-10-3-7-17(23)18-8-4-12-26-18/h2,4-6,8-9,11-12,17H,3,7,10,13H2,1H3/t17-/m1/s1. The lowest BCUT2D eigenvalue weighted by Crippen LogP contribution is -2.31. The van der Waals surface area contributed by atoms with Gasteiger partial charge >= 0.3 is 0 Å². The van der Waals surface area contributed by atoms with Crippen molar-refractivity contribution in [1.82, 2.24) is 14.5 Å². The molecule has 0 saturated carbocycles. The number of imidazole rings is 1. The molecular formula is C20H20ClN3OS2. The van der Waals surface area contributed by atoms with Crippen LogP contribution in [0.5, 0.6) is 0 Å². The highest BCUT2D eigenvalue weighted by atomic mass is 35.5. The number of halogens is 1. The van der Waals surface area contributed by atoms with E-state index in [-0.39, 0.29) is 11.9 Å². The number of hydrogen-bond acceptors (Lipinski definition) is 4. The van der Waals surface area contributed by atoms with Crippen molar-refractivity contribution in [3.63, 3.8) is 0 Å². The fourth-order valence-electron chi connectivity index (χ4n) is 3.49. The molecule has 1 amide bonds. The first kappa shape index (κ1) is 18.6. The second kappa shape index (κ2) is 8.09. The van der Waals surface area contributed by atoms with Gasteiger partial charge in [0.2, 0.25) is 5.91 Å². The zero-order chi connectivity index (χ0) is 18.8. The summed E-state index contributed by atoms with van der Waals surface area (Å²) in [4.78, 5) is 20.6. The Balaban J connectivity index is 1.48. The van der Waals surface area contributed by atoms with Gasteiger partial charge in [-0.3, -0.25) is 9.36 Å². The van der Waals surface area contributed by atoms with E-state index in [2.05, 4.69) is 22.5 Å². The Morgan fingerprint density at radius 2 is 2.26 bits per heavy atom. The number of amides is 1. The van der Waals surface area contributed by atoms with E-state index in [4.69, 9.17) is 11.6 Å². The second-order valence-electron chi connectivity index (χ2n) is 6.51. The average molecular weight is 418 g/mol. The van der Waals surface area contributed by atoms with Crippen LogP contribution in [0.15, 0.2) is 53.3 Å². The Kier molecular flexibility index (Phi) is 5.57. The third-order valence-electron chi connectivity index (χ3n) is 4.87. The predicted octanol–water partition coefficient (Wildman–Crippen LogP) is 5.35. The smallest absolute Gasteiger partial charge is 0.233 e. The maximum atomic E-state index is 12.9. The molecule has 4 rings (SSSR count). The summed E-state index contributed by atoms with van der Waals surface area (Å²) >= 11 is 9.47. The van der Waals surface area contributed by atoms with Crippen LogP contribution in [0.1, 0.15) is 29.3 Å². The Morgan fingerprint density at radius 1 is 1.37 bits per heavy atom. The lowest BCUT2D eigenvalue weighted by atomic mass is 10.2. The monoisotopic (exact) mass is 417 g/mol. The molecule has 0 unspecified atom stereocenters. The summed E-state index contributed by atoms with van der Waals surface area (Å²) in [7, 11) is 0. The molecule has 1 atom stereocenters. The van der Waals surface area contributed by atoms with E-state index in [9.17, 15) is 4.79 Å². The van der Waals surface area contributed by atoms with E-state index in [1.807, 2.05) is 40.8 Å². The molecule has 0 bridgehead atoms. The largest absolute Gasteiger partial charge is 0.334 e. The van der Waals surface area contributed by atoms with Gasteiger partial charge in [-0.1, -0.05) is 35.5 Å². The molecule has 3 aromatic rings. The third kappa shape index (κ3) is 3.79. The minimum absolute atomic E-state index is 0.174. The summed E-state index contributed by atoms with van der Waals surface area (Å²) in [5.41, 5.74) is 2.00. The van der Waals surface area contributed by atoms with Crippen molar-refractivity contribution in [2.45, 2.75) is 31.0 Å². The summed E-state index contributed by atoms with van der Waals surface area (Å²) in [5, 5.41) is 3.61. The van der Waals surface area contributed by atoms with Crippen LogP contribution in [-0.2, 0) is 4.79 Å². The van der Waals surface area contributed by atoms with Crippen LogP contribution in [-0.4, -0.2) is 32.7 Å². The molecule has 140 valence electrons. The van der Waals surface area contributed by atoms with E-state index in [1.165, 1.54) is 16.6 Å². The van der Waals surface area contributed by atoms with Gasteiger partial charge in [-0.25, -0.2) is 4.98 Å². The van der Waals surface area contributed by atoms with Crippen LogP contribution < -0.4 is 0 Å². The number of hydrogen-bond donors (Lipinski definition) is 0. The van der Waals surface area contributed by atoms with Crippen molar-refractivity contribution in [2.24, 2.45) is 0 Å². The molecule has 0 aliphatic carbocycles. The van der Waals surface area contributed by atoms with Crippen molar-refractivity contribution in [3.8, 4) is 5.69 Å². The Bertz CT molecular complexity index is 939. The SMILES string of the molecule is Cc1c(Cl)cccc1-n1ccnc1SCC(=O)N1CCC[C@@H]1c1cccs1. The van der Waals surface area contributed by atoms with Crippen LogP contribution >= 0.6 is 34.7 Å². The highest BCUT2D eigenvalue weighted by molar-refractivity contribution is 7.99. The Hall–Kier alpha value is -1.76. The number of aromatic nitrogens is 2. The maximum Gasteiger partial charge on any atom is 0.233 e. The van der Waals surface area contributed by atoms with Crippen LogP contribution in [0.4, 0.5) is 0 Å². The van der Waals surface area contributed by atoms with Crippen molar-refractivity contribution >= 4 is 40.6 Å². The fraction of sp³-hybridized carbons (Fsp3) is 0.300. The van der Waals surface area contributed by atoms with Gasteiger partial charge in [-0.2, -0.15) is 0 Å². The van der Waals surface area contributed by atoms with Crippen LogP contribution in [0.2, 0.25) is 5.02 Å². The molecule has 2 aromatic heterocycles. The minimum atomic E-state index is 0.174. The van der Waals surface area contributed by atoms with Crippen molar-refractivity contribution < 1.29 is 4.79 Å². The van der Waals surface area contributed by atoms with Gasteiger partial charge in [0.05, 0.1) is 17.5 Å². The Labute approximate surface area is 172 Å². The summed E-state index contributed by atoms with van der Waals surface area (Å²) in [5.74, 6) is 0.562. The van der Waals surface area contributed by atoms with Crippen molar-refractivity contribution in [3.05, 3.63) is 63.6 Å². The van der Waals surface area contributed by atoms with Crippen molar-refractivity contribution in [1.29, 1.82) is 0 Å². The number of thiophene rings is 1. The Morgan fingerprint density at radius 3 is 3.07 bits per heavy atom. The number of carbonyl (C=O) groups is 1. The number of likely N-dealkylation sites (tertiary alicyclic amines) is 1. The minimum Gasteiger partial charge on any atom is -0.334 e. The van der Waals surface area contributed by atoms with E-state index in [0.717, 1.165) is 40.8 Å². The number of benzene rings is 1. The van der Waals surface area contributed by atoms with Crippen LogP contribution in [0.3, 0.4) is 0 Å². The molecule has 1 aliphatic heterocycles. The van der Waals surface area contributed by atoms with Gasteiger partial charge in [0, 0.05) is 28.8 Å². The summed E-state index contributed by atoms with van der Waals surface area (Å²) in [6.45, 7) is 2.83. The molecule has 27 heavy (non-hydrogen) atoms. The topological polar surface area (TPSA) is 38.1 Å². The molecule has 0 radical (unpaired) electrons. The van der Waals surface area contributed by atoms with Gasteiger partial charge in [0.25, 0.3) is 0 Å². The lowest BCUT2D eigenvalue weighted by molar-refractivity contribution is -0.129. The summed E-state index contributed by atoms with van der Waals surface area (Å²) < 4.78 is 2.00. The van der Waals surface area contributed by atoms with E-state index >= 15 is 0 Å². The molecule has 1 aliphatic rings. The molecule has 0 N–H and O–H groups in total. The van der Waals surface area contributed by atoms with Gasteiger partial charge in [-0.05, 0) is 48.9 Å². The first-order valence-corrected chi connectivity index (χ1v) is 11.1.